The zero-order chi connectivity index (χ0) is 17.9. The molecule has 0 N–H and O–H groups in total. The number of morpholine rings is 1. The predicted octanol–water partition coefficient (Wildman–Crippen LogP) is 0.849. The molecule has 9 heteroatoms. The molecule has 0 saturated carbocycles. The van der Waals surface area contributed by atoms with Gasteiger partial charge in [-0.25, -0.2) is 4.98 Å². The van der Waals surface area contributed by atoms with Crippen molar-refractivity contribution in [2.24, 2.45) is 0 Å². The molecule has 138 valence electrons. The lowest BCUT2D eigenvalue weighted by Crippen LogP contribution is -2.38. The Morgan fingerprint density at radius 1 is 1.31 bits per heavy atom. The fourth-order valence-corrected chi connectivity index (χ4v) is 3.12. The maximum absolute atomic E-state index is 5.85. The van der Waals surface area contributed by atoms with Crippen LogP contribution < -0.4 is 0 Å². The van der Waals surface area contributed by atoms with E-state index in [9.17, 15) is 0 Å². The van der Waals surface area contributed by atoms with Gasteiger partial charge in [-0.1, -0.05) is 6.07 Å². The third kappa shape index (κ3) is 3.74. The molecule has 1 aliphatic rings. The second kappa shape index (κ2) is 7.48. The van der Waals surface area contributed by atoms with Gasteiger partial charge in [0, 0.05) is 39.1 Å². The summed E-state index contributed by atoms with van der Waals surface area (Å²) in [4.78, 5) is 8.57. The number of aryl methyl sites for hydroxylation is 1. The second-order valence-electron chi connectivity index (χ2n) is 6.54. The van der Waals surface area contributed by atoms with Gasteiger partial charge in [-0.2, -0.15) is 4.80 Å². The maximum atomic E-state index is 5.85. The Morgan fingerprint density at radius 2 is 2.23 bits per heavy atom. The molecule has 26 heavy (non-hydrogen) atoms. The smallest absolute Gasteiger partial charge is 0.204 e. The first-order valence-corrected chi connectivity index (χ1v) is 8.76. The quantitative estimate of drug-likeness (QED) is 0.647. The zero-order valence-corrected chi connectivity index (χ0v) is 15.1. The zero-order valence-electron chi connectivity index (χ0n) is 15.1. The number of pyridine rings is 1. The number of tetrazole rings is 1. The summed E-state index contributed by atoms with van der Waals surface area (Å²) in [5.74, 6) is 0.622. The molecule has 1 saturated heterocycles. The summed E-state index contributed by atoms with van der Waals surface area (Å²) < 4.78 is 13.0. The number of hydrogen-bond donors (Lipinski definition) is 0. The average molecular weight is 357 g/mol. The molecule has 0 aliphatic carbocycles. The summed E-state index contributed by atoms with van der Waals surface area (Å²) in [6, 6.07) is 4.12. The molecule has 0 amide bonds. The fourth-order valence-electron chi connectivity index (χ4n) is 3.12. The van der Waals surface area contributed by atoms with Gasteiger partial charge >= 0.3 is 0 Å². The van der Waals surface area contributed by atoms with Gasteiger partial charge in [0.05, 0.1) is 25.5 Å². The van der Waals surface area contributed by atoms with Crippen LogP contribution in [-0.2, 0) is 22.6 Å². The number of nitrogens with zero attached hydrogens (tertiary/aromatic N) is 7. The lowest BCUT2D eigenvalue weighted by Gasteiger charge is -2.30. The standard InChI is InChI=1S/C17H23N7O2/c1-13-3-4-16-18-14(11-23(16)9-13)10-22-5-8-26-15(12-22)17-19-21-24(20-17)6-7-25-2/h3-4,9,11,15H,5-8,10,12H2,1-2H3. The van der Waals surface area contributed by atoms with Crippen molar-refractivity contribution in [1.82, 2.24) is 34.5 Å². The normalized spacial score (nSPS) is 18.6. The highest BCUT2D eigenvalue weighted by atomic mass is 16.5. The predicted molar refractivity (Wildman–Crippen MR) is 93.6 cm³/mol. The van der Waals surface area contributed by atoms with Gasteiger partial charge in [0.1, 0.15) is 11.8 Å². The molecular formula is C17H23N7O2. The summed E-state index contributed by atoms with van der Waals surface area (Å²) in [5.41, 5.74) is 3.24. The summed E-state index contributed by atoms with van der Waals surface area (Å²) in [6.45, 7) is 6.23. The second-order valence-corrected chi connectivity index (χ2v) is 6.54. The van der Waals surface area contributed by atoms with Crippen molar-refractivity contribution >= 4 is 5.65 Å². The Morgan fingerprint density at radius 3 is 3.12 bits per heavy atom. The molecule has 1 atom stereocenters. The Bertz CT molecular complexity index is 875. The van der Waals surface area contributed by atoms with Crippen LogP contribution in [0.1, 0.15) is 23.2 Å². The van der Waals surface area contributed by atoms with Crippen LogP contribution in [0.4, 0.5) is 0 Å². The molecule has 4 heterocycles. The van der Waals surface area contributed by atoms with Crippen LogP contribution in [-0.4, -0.2) is 67.9 Å². The van der Waals surface area contributed by atoms with E-state index in [2.05, 4.69) is 50.1 Å². The van der Waals surface area contributed by atoms with Crippen molar-refractivity contribution in [3.8, 4) is 0 Å². The van der Waals surface area contributed by atoms with Crippen molar-refractivity contribution in [3.63, 3.8) is 0 Å². The van der Waals surface area contributed by atoms with Crippen LogP contribution in [0.5, 0.6) is 0 Å². The van der Waals surface area contributed by atoms with Crippen molar-refractivity contribution in [1.29, 1.82) is 0 Å². The van der Waals surface area contributed by atoms with E-state index in [1.54, 1.807) is 11.9 Å². The van der Waals surface area contributed by atoms with E-state index in [1.807, 2.05) is 6.07 Å². The summed E-state index contributed by atoms with van der Waals surface area (Å²) in [7, 11) is 1.65. The van der Waals surface area contributed by atoms with E-state index in [0.29, 0.717) is 25.6 Å². The largest absolute Gasteiger partial charge is 0.383 e. The highest BCUT2D eigenvalue weighted by molar-refractivity contribution is 5.41. The molecule has 9 nitrogen and oxygen atoms in total. The first-order chi connectivity index (χ1) is 12.7. The Kier molecular flexibility index (Phi) is 4.91. The number of methoxy groups -OCH3 is 1. The van der Waals surface area contributed by atoms with E-state index in [4.69, 9.17) is 14.5 Å². The molecular weight excluding hydrogens is 334 g/mol. The van der Waals surface area contributed by atoms with E-state index in [-0.39, 0.29) is 6.10 Å². The number of ether oxygens (including phenoxy) is 2. The Balaban J connectivity index is 1.42. The first-order valence-electron chi connectivity index (χ1n) is 8.76. The molecule has 3 aromatic heterocycles. The van der Waals surface area contributed by atoms with Gasteiger partial charge in [-0.3, -0.25) is 4.90 Å². The number of aromatic nitrogens is 6. The Hall–Kier alpha value is -2.36. The van der Waals surface area contributed by atoms with E-state index in [0.717, 1.165) is 31.0 Å². The maximum Gasteiger partial charge on any atom is 0.204 e. The van der Waals surface area contributed by atoms with Crippen molar-refractivity contribution in [2.75, 3.05) is 33.4 Å². The number of rotatable bonds is 6. The highest BCUT2D eigenvalue weighted by Crippen LogP contribution is 2.20. The van der Waals surface area contributed by atoms with Crippen LogP contribution >= 0.6 is 0 Å². The summed E-state index contributed by atoms with van der Waals surface area (Å²) >= 11 is 0. The number of imidazole rings is 1. The molecule has 1 unspecified atom stereocenters. The minimum absolute atomic E-state index is 0.167. The van der Waals surface area contributed by atoms with Crippen molar-refractivity contribution in [3.05, 3.63) is 41.6 Å². The lowest BCUT2D eigenvalue weighted by molar-refractivity contribution is -0.0377. The van der Waals surface area contributed by atoms with Crippen LogP contribution in [0, 0.1) is 6.92 Å². The monoisotopic (exact) mass is 357 g/mol. The third-order valence-electron chi connectivity index (χ3n) is 4.44. The SMILES string of the molecule is COCCn1nnc(C2CN(Cc3cn4cc(C)ccc4n3)CCO2)n1. The minimum atomic E-state index is -0.167. The van der Waals surface area contributed by atoms with Gasteiger partial charge in [0.15, 0.2) is 0 Å². The van der Waals surface area contributed by atoms with Crippen LogP contribution in [0.3, 0.4) is 0 Å². The number of fused-ring (bicyclic) bond motifs is 1. The topological polar surface area (TPSA) is 82.6 Å². The van der Waals surface area contributed by atoms with Gasteiger partial charge in [0.25, 0.3) is 0 Å². The van der Waals surface area contributed by atoms with Gasteiger partial charge in [-0.05, 0) is 23.8 Å². The Labute approximate surface area is 151 Å². The molecule has 0 aromatic carbocycles. The van der Waals surface area contributed by atoms with Gasteiger partial charge in [-0.15, -0.1) is 10.2 Å². The molecule has 0 radical (unpaired) electrons. The molecule has 3 aromatic rings. The molecule has 0 spiro atoms. The van der Waals surface area contributed by atoms with Gasteiger partial charge < -0.3 is 13.9 Å². The fraction of sp³-hybridized carbons (Fsp3) is 0.529. The highest BCUT2D eigenvalue weighted by Gasteiger charge is 2.26. The van der Waals surface area contributed by atoms with Crippen molar-refractivity contribution in [2.45, 2.75) is 26.1 Å². The van der Waals surface area contributed by atoms with E-state index < -0.39 is 0 Å². The molecule has 1 aliphatic heterocycles. The third-order valence-corrected chi connectivity index (χ3v) is 4.44. The van der Waals surface area contributed by atoms with Crippen LogP contribution in [0.2, 0.25) is 0 Å². The van der Waals surface area contributed by atoms with E-state index >= 15 is 0 Å². The molecule has 0 bridgehead atoms. The van der Waals surface area contributed by atoms with Crippen LogP contribution in [0.15, 0.2) is 24.5 Å². The summed E-state index contributed by atoms with van der Waals surface area (Å²) in [5, 5.41) is 12.6. The van der Waals surface area contributed by atoms with E-state index in [1.165, 1.54) is 5.56 Å². The van der Waals surface area contributed by atoms with Gasteiger partial charge in [0.2, 0.25) is 5.82 Å². The summed E-state index contributed by atoms with van der Waals surface area (Å²) in [6.07, 6.45) is 4.02. The molecule has 4 rings (SSSR count). The lowest BCUT2D eigenvalue weighted by atomic mass is 10.2. The minimum Gasteiger partial charge on any atom is -0.383 e. The first kappa shape index (κ1) is 17.1. The molecule has 1 fully saturated rings. The van der Waals surface area contributed by atoms with Crippen molar-refractivity contribution < 1.29 is 9.47 Å². The average Bonchev–Trinajstić information content (AvgIpc) is 3.26. The number of hydrogen-bond acceptors (Lipinski definition) is 7. The van der Waals surface area contributed by atoms with Crippen LogP contribution in [0.25, 0.3) is 5.65 Å².